The highest BCUT2D eigenvalue weighted by Gasteiger charge is 2.06. The average molecular weight is 351 g/mol. The molecule has 21 heavy (non-hydrogen) atoms. The molecule has 0 saturated carbocycles. The predicted molar refractivity (Wildman–Crippen MR) is 86.6 cm³/mol. The van der Waals surface area contributed by atoms with Crippen molar-refractivity contribution in [2.24, 2.45) is 0 Å². The molecule has 1 N–H and O–H groups in total. The average Bonchev–Trinajstić information content (AvgIpc) is 2.52. The topological polar surface area (TPSA) is 43.4 Å². The van der Waals surface area contributed by atoms with Crippen molar-refractivity contribution in [3.8, 4) is 11.5 Å². The Bertz CT molecular complexity index is 573. The van der Waals surface area contributed by atoms with Crippen LogP contribution in [0.15, 0.2) is 41.0 Å². The minimum absolute atomic E-state index is 0.443. The van der Waals surface area contributed by atoms with Crippen LogP contribution >= 0.6 is 15.9 Å². The number of rotatable bonds is 7. The summed E-state index contributed by atoms with van der Waals surface area (Å²) in [4.78, 5) is 4.31. The van der Waals surface area contributed by atoms with E-state index in [-0.39, 0.29) is 0 Å². The number of hydrogen-bond donors (Lipinski definition) is 1. The van der Waals surface area contributed by atoms with Gasteiger partial charge in [-0.25, -0.2) is 0 Å². The van der Waals surface area contributed by atoms with Crippen LogP contribution in [0.25, 0.3) is 0 Å². The number of aromatic nitrogens is 1. The summed E-state index contributed by atoms with van der Waals surface area (Å²) >= 11 is 3.37. The maximum Gasteiger partial charge on any atom is 0.130 e. The molecule has 0 bridgehead atoms. The highest BCUT2D eigenvalue weighted by Crippen LogP contribution is 2.25. The van der Waals surface area contributed by atoms with E-state index in [0.717, 1.165) is 40.3 Å². The Balaban J connectivity index is 2.08. The maximum absolute atomic E-state index is 5.89. The molecule has 0 fully saturated rings. The number of nitrogens with zero attached hydrogens (tertiary/aromatic N) is 1. The summed E-state index contributed by atoms with van der Waals surface area (Å²) in [6.07, 6.45) is 1.77. The second-order valence-electron chi connectivity index (χ2n) is 4.51. The summed E-state index contributed by atoms with van der Waals surface area (Å²) in [6.45, 7) is 4.17. The molecule has 1 heterocycles. The quantitative estimate of drug-likeness (QED) is 0.829. The second kappa shape index (κ2) is 8.00. The molecule has 0 amide bonds. The van der Waals surface area contributed by atoms with Gasteiger partial charge >= 0.3 is 0 Å². The molecular formula is C16H19BrN2O2. The molecule has 4 nitrogen and oxygen atoms in total. The van der Waals surface area contributed by atoms with Gasteiger partial charge in [-0.2, -0.15) is 0 Å². The fourth-order valence-electron chi connectivity index (χ4n) is 1.86. The molecule has 0 spiro atoms. The zero-order valence-corrected chi connectivity index (χ0v) is 13.8. The molecule has 1 aromatic heterocycles. The third kappa shape index (κ3) is 4.72. The van der Waals surface area contributed by atoms with E-state index >= 15 is 0 Å². The third-order valence-corrected chi connectivity index (χ3v) is 3.47. The summed E-state index contributed by atoms with van der Waals surface area (Å²) in [5.41, 5.74) is 1.97. The molecular weight excluding hydrogens is 332 g/mol. The highest BCUT2D eigenvalue weighted by molar-refractivity contribution is 9.10. The van der Waals surface area contributed by atoms with Gasteiger partial charge in [0.15, 0.2) is 0 Å². The van der Waals surface area contributed by atoms with E-state index < -0.39 is 0 Å². The van der Waals surface area contributed by atoms with Crippen molar-refractivity contribution in [1.29, 1.82) is 0 Å². The van der Waals surface area contributed by atoms with Crippen LogP contribution in [-0.2, 0) is 13.2 Å². The first-order chi connectivity index (χ1) is 10.2. The van der Waals surface area contributed by atoms with Crippen LogP contribution in [0, 0.1) is 0 Å². The van der Waals surface area contributed by atoms with E-state index in [4.69, 9.17) is 9.47 Å². The van der Waals surface area contributed by atoms with Gasteiger partial charge in [0.1, 0.15) is 18.1 Å². The Morgan fingerprint density at radius 3 is 2.76 bits per heavy atom. The number of ether oxygens (including phenoxy) is 2. The van der Waals surface area contributed by atoms with E-state index in [0.29, 0.717) is 6.61 Å². The van der Waals surface area contributed by atoms with Gasteiger partial charge in [-0.3, -0.25) is 4.98 Å². The molecule has 112 valence electrons. The largest absolute Gasteiger partial charge is 0.497 e. The summed E-state index contributed by atoms with van der Waals surface area (Å²) < 4.78 is 12.1. The lowest BCUT2D eigenvalue weighted by Gasteiger charge is -2.13. The van der Waals surface area contributed by atoms with Crippen LogP contribution < -0.4 is 14.8 Å². The lowest BCUT2D eigenvalue weighted by molar-refractivity contribution is 0.296. The van der Waals surface area contributed by atoms with Crippen LogP contribution in [0.1, 0.15) is 18.2 Å². The van der Waals surface area contributed by atoms with Crippen molar-refractivity contribution in [2.75, 3.05) is 13.7 Å². The van der Waals surface area contributed by atoms with Crippen LogP contribution in [0.4, 0.5) is 0 Å². The van der Waals surface area contributed by atoms with Crippen LogP contribution in [-0.4, -0.2) is 18.6 Å². The van der Waals surface area contributed by atoms with Gasteiger partial charge < -0.3 is 14.8 Å². The Kier molecular flexibility index (Phi) is 6.02. The minimum Gasteiger partial charge on any atom is -0.497 e. The van der Waals surface area contributed by atoms with Crippen molar-refractivity contribution in [1.82, 2.24) is 10.3 Å². The first-order valence-corrected chi connectivity index (χ1v) is 7.63. The number of methoxy groups -OCH3 is 1. The molecule has 0 atom stereocenters. The van der Waals surface area contributed by atoms with E-state index in [1.165, 1.54) is 0 Å². The molecule has 2 aromatic rings. The molecule has 0 saturated heterocycles. The Morgan fingerprint density at radius 2 is 2.10 bits per heavy atom. The molecule has 0 unspecified atom stereocenters. The molecule has 1 aromatic carbocycles. The van der Waals surface area contributed by atoms with Crippen LogP contribution in [0.5, 0.6) is 11.5 Å². The van der Waals surface area contributed by atoms with Gasteiger partial charge in [0.25, 0.3) is 0 Å². The fourth-order valence-corrected chi connectivity index (χ4v) is 2.10. The van der Waals surface area contributed by atoms with Gasteiger partial charge in [0, 0.05) is 22.8 Å². The van der Waals surface area contributed by atoms with E-state index in [9.17, 15) is 0 Å². The maximum atomic E-state index is 5.89. The first-order valence-electron chi connectivity index (χ1n) is 6.83. The number of hydrogen-bond acceptors (Lipinski definition) is 4. The molecule has 0 aliphatic carbocycles. The number of nitrogens with one attached hydrogen (secondary N) is 1. The third-order valence-electron chi connectivity index (χ3n) is 3.00. The van der Waals surface area contributed by atoms with Gasteiger partial charge in [-0.05, 0) is 52.8 Å². The van der Waals surface area contributed by atoms with E-state index in [2.05, 4.69) is 33.2 Å². The van der Waals surface area contributed by atoms with Gasteiger partial charge in [-0.1, -0.05) is 6.92 Å². The fraction of sp³-hybridized carbons (Fsp3) is 0.312. The Morgan fingerprint density at radius 1 is 1.24 bits per heavy atom. The smallest absolute Gasteiger partial charge is 0.130 e. The number of benzene rings is 1. The van der Waals surface area contributed by atoms with Crippen molar-refractivity contribution in [3.05, 3.63) is 52.3 Å². The van der Waals surface area contributed by atoms with Crippen molar-refractivity contribution < 1.29 is 9.47 Å². The van der Waals surface area contributed by atoms with Crippen molar-refractivity contribution in [3.63, 3.8) is 0 Å². The van der Waals surface area contributed by atoms with Crippen molar-refractivity contribution >= 4 is 15.9 Å². The lowest BCUT2D eigenvalue weighted by Crippen LogP contribution is -2.13. The zero-order valence-electron chi connectivity index (χ0n) is 12.2. The molecule has 0 aliphatic rings. The van der Waals surface area contributed by atoms with Gasteiger partial charge in [0.05, 0.1) is 12.8 Å². The van der Waals surface area contributed by atoms with Gasteiger partial charge in [0.2, 0.25) is 0 Å². The predicted octanol–water partition coefficient (Wildman–Crippen LogP) is 3.54. The van der Waals surface area contributed by atoms with E-state index in [1.807, 2.05) is 30.3 Å². The molecule has 5 heteroatoms. The summed E-state index contributed by atoms with van der Waals surface area (Å²) in [6, 6.07) is 9.73. The zero-order chi connectivity index (χ0) is 15.1. The van der Waals surface area contributed by atoms with Crippen LogP contribution in [0.2, 0.25) is 0 Å². The Hall–Kier alpha value is -1.59. The van der Waals surface area contributed by atoms with Crippen molar-refractivity contribution in [2.45, 2.75) is 20.1 Å². The van der Waals surface area contributed by atoms with Crippen LogP contribution in [0.3, 0.4) is 0 Å². The summed E-state index contributed by atoms with van der Waals surface area (Å²) in [7, 11) is 1.67. The summed E-state index contributed by atoms with van der Waals surface area (Å²) in [5, 5.41) is 3.30. The molecule has 0 radical (unpaired) electrons. The normalized spacial score (nSPS) is 10.4. The number of pyridine rings is 1. The van der Waals surface area contributed by atoms with Gasteiger partial charge in [-0.15, -0.1) is 0 Å². The standard InChI is InChI=1S/C16H19BrN2O2/c1-3-18-9-12-8-15(20-2)6-7-16(12)21-11-14-5-4-13(17)10-19-14/h4-8,10,18H,3,9,11H2,1-2H3. The first kappa shape index (κ1) is 15.8. The highest BCUT2D eigenvalue weighted by atomic mass is 79.9. The summed E-state index contributed by atoms with van der Waals surface area (Å²) in [5.74, 6) is 1.68. The lowest BCUT2D eigenvalue weighted by atomic mass is 10.2. The minimum atomic E-state index is 0.443. The molecule has 2 rings (SSSR count). The Labute approximate surface area is 133 Å². The van der Waals surface area contributed by atoms with E-state index in [1.54, 1.807) is 13.3 Å². The second-order valence-corrected chi connectivity index (χ2v) is 5.43. The molecule has 0 aliphatic heterocycles. The SMILES string of the molecule is CCNCc1cc(OC)ccc1OCc1ccc(Br)cn1. The monoisotopic (exact) mass is 350 g/mol. The number of halogens is 1.